The molecule has 2 rings (SSSR count). The number of esters is 1. The van der Waals surface area contributed by atoms with Crippen LogP contribution in [0.2, 0.25) is 0 Å². The van der Waals surface area contributed by atoms with E-state index in [1.54, 1.807) is 6.92 Å². The predicted octanol–water partition coefficient (Wildman–Crippen LogP) is 1.78. The summed E-state index contributed by atoms with van der Waals surface area (Å²) in [5.41, 5.74) is 5.13. The summed E-state index contributed by atoms with van der Waals surface area (Å²) in [6.07, 6.45) is 7.14. The summed E-state index contributed by atoms with van der Waals surface area (Å²) in [6.45, 7) is 5.51. The first-order chi connectivity index (χ1) is 9.03. The Morgan fingerprint density at radius 2 is 1.95 bits per heavy atom. The fourth-order valence-corrected chi connectivity index (χ4v) is 3.68. The van der Waals surface area contributed by atoms with Gasteiger partial charge in [-0.2, -0.15) is 0 Å². The number of fused-ring (bicyclic) bond motifs is 1. The number of likely N-dealkylation sites (tertiary alicyclic amines) is 1. The average molecular weight is 268 g/mol. The Balaban J connectivity index is 1.61. The summed E-state index contributed by atoms with van der Waals surface area (Å²) >= 11 is 0. The monoisotopic (exact) mass is 268 g/mol. The Hall–Kier alpha value is -0.610. The van der Waals surface area contributed by atoms with Crippen LogP contribution in [-0.2, 0) is 9.53 Å². The van der Waals surface area contributed by atoms with Crippen molar-refractivity contribution in [1.82, 2.24) is 4.90 Å². The largest absolute Gasteiger partial charge is 0.468 e. The average Bonchev–Trinajstić information content (AvgIpc) is 2.94. The molecule has 3 unspecified atom stereocenters. The van der Waals surface area contributed by atoms with Gasteiger partial charge >= 0.3 is 5.97 Å². The molecule has 1 saturated heterocycles. The van der Waals surface area contributed by atoms with E-state index in [0.717, 1.165) is 31.2 Å². The van der Waals surface area contributed by atoms with Gasteiger partial charge in [0.2, 0.25) is 0 Å². The van der Waals surface area contributed by atoms with Crippen LogP contribution in [0.3, 0.4) is 0 Å². The summed E-state index contributed by atoms with van der Waals surface area (Å²) in [6, 6.07) is 0. The van der Waals surface area contributed by atoms with Crippen molar-refractivity contribution in [2.24, 2.45) is 17.6 Å². The SMILES string of the molecule is COC(=O)C(C)(N)CCCCN1CC2CCCC2C1. The van der Waals surface area contributed by atoms with Gasteiger partial charge in [-0.25, -0.2) is 0 Å². The van der Waals surface area contributed by atoms with Gasteiger partial charge in [-0.05, 0) is 57.4 Å². The van der Waals surface area contributed by atoms with Crippen LogP contribution in [0.25, 0.3) is 0 Å². The van der Waals surface area contributed by atoms with Crippen LogP contribution in [-0.4, -0.2) is 43.2 Å². The zero-order chi connectivity index (χ0) is 13.9. The van der Waals surface area contributed by atoms with Gasteiger partial charge < -0.3 is 15.4 Å². The molecular weight excluding hydrogens is 240 g/mol. The summed E-state index contributed by atoms with van der Waals surface area (Å²) in [7, 11) is 1.40. The van der Waals surface area contributed by atoms with Crippen molar-refractivity contribution in [2.45, 2.75) is 51.0 Å². The van der Waals surface area contributed by atoms with Gasteiger partial charge in [-0.15, -0.1) is 0 Å². The fraction of sp³-hybridized carbons (Fsp3) is 0.933. The van der Waals surface area contributed by atoms with Crippen LogP contribution in [0.4, 0.5) is 0 Å². The Kier molecular flexibility index (Phi) is 4.85. The van der Waals surface area contributed by atoms with Gasteiger partial charge in [-0.3, -0.25) is 4.79 Å². The highest BCUT2D eigenvalue weighted by Crippen LogP contribution is 2.37. The van der Waals surface area contributed by atoms with E-state index in [1.165, 1.54) is 39.5 Å². The molecule has 4 nitrogen and oxygen atoms in total. The molecule has 0 aromatic carbocycles. The summed E-state index contributed by atoms with van der Waals surface area (Å²) in [5.74, 6) is 1.63. The maximum Gasteiger partial charge on any atom is 0.325 e. The van der Waals surface area contributed by atoms with Crippen LogP contribution in [0, 0.1) is 11.8 Å². The van der Waals surface area contributed by atoms with Crippen molar-refractivity contribution in [3.8, 4) is 0 Å². The van der Waals surface area contributed by atoms with Crippen molar-refractivity contribution in [3.05, 3.63) is 0 Å². The van der Waals surface area contributed by atoms with E-state index in [-0.39, 0.29) is 5.97 Å². The zero-order valence-corrected chi connectivity index (χ0v) is 12.4. The number of carbonyl (C=O) groups excluding carboxylic acids is 1. The van der Waals surface area contributed by atoms with E-state index in [0.29, 0.717) is 6.42 Å². The molecule has 0 aromatic heterocycles. The van der Waals surface area contributed by atoms with Crippen molar-refractivity contribution in [2.75, 3.05) is 26.7 Å². The van der Waals surface area contributed by atoms with Crippen molar-refractivity contribution in [1.29, 1.82) is 0 Å². The molecule has 0 spiro atoms. The molecule has 2 fully saturated rings. The first kappa shape index (κ1) is 14.8. The molecule has 19 heavy (non-hydrogen) atoms. The van der Waals surface area contributed by atoms with Crippen LogP contribution in [0.5, 0.6) is 0 Å². The lowest BCUT2D eigenvalue weighted by Crippen LogP contribution is -2.45. The first-order valence-electron chi connectivity index (χ1n) is 7.62. The quantitative estimate of drug-likeness (QED) is 0.589. The van der Waals surface area contributed by atoms with Gasteiger partial charge in [-0.1, -0.05) is 6.42 Å². The minimum atomic E-state index is -0.823. The fourth-order valence-electron chi connectivity index (χ4n) is 3.68. The third-order valence-electron chi connectivity index (χ3n) is 4.87. The molecule has 2 N–H and O–H groups in total. The van der Waals surface area contributed by atoms with E-state index < -0.39 is 5.54 Å². The Labute approximate surface area is 116 Å². The van der Waals surface area contributed by atoms with Gasteiger partial charge in [0.05, 0.1) is 7.11 Å². The lowest BCUT2D eigenvalue weighted by atomic mass is 9.96. The molecule has 0 radical (unpaired) electrons. The van der Waals surface area contributed by atoms with E-state index in [9.17, 15) is 4.79 Å². The minimum Gasteiger partial charge on any atom is -0.468 e. The molecule has 4 heteroatoms. The minimum absolute atomic E-state index is 0.303. The number of ether oxygens (including phenoxy) is 1. The highest BCUT2D eigenvalue weighted by Gasteiger charge is 2.35. The van der Waals surface area contributed by atoms with E-state index in [1.807, 2.05) is 0 Å². The van der Waals surface area contributed by atoms with Gasteiger partial charge in [0, 0.05) is 13.1 Å². The molecule has 2 aliphatic rings. The third-order valence-corrected chi connectivity index (χ3v) is 4.87. The number of methoxy groups -OCH3 is 1. The van der Waals surface area contributed by atoms with Gasteiger partial charge in [0.15, 0.2) is 0 Å². The highest BCUT2D eigenvalue weighted by atomic mass is 16.5. The molecule has 1 aliphatic carbocycles. The number of unbranched alkanes of at least 4 members (excludes halogenated alkanes) is 1. The molecule has 3 atom stereocenters. The molecule has 0 amide bonds. The number of nitrogens with two attached hydrogens (primary N) is 1. The molecule has 1 aliphatic heterocycles. The van der Waals surface area contributed by atoms with Crippen molar-refractivity contribution >= 4 is 5.97 Å². The lowest BCUT2D eigenvalue weighted by Gasteiger charge is -2.22. The van der Waals surface area contributed by atoms with E-state index in [4.69, 9.17) is 10.5 Å². The van der Waals surface area contributed by atoms with Gasteiger partial charge in [0.25, 0.3) is 0 Å². The number of rotatable bonds is 6. The number of hydrogen-bond donors (Lipinski definition) is 1. The molecular formula is C15H28N2O2. The predicted molar refractivity (Wildman–Crippen MR) is 75.7 cm³/mol. The van der Waals surface area contributed by atoms with Crippen LogP contribution < -0.4 is 5.73 Å². The maximum absolute atomic E-state index is 11.5. The lowest BCUT2D eigenvalue weighted by molar-refractivity contribution is -0.146. The molecule has 0 aromatic rings. The number of nitrogens with zero attached hydrogens (tertiary/aromatic N) is 1. The smallest absolute Gasteiger partial charge is 0.325 e. The first-order valence-corrected chi connectivity index (χ1v) is 7.62. The second-order valence-corrected chi connectivity index (χ2v) is 6.58. The van der Waals surface area contributed by atoms with Gasteiger partial charge in [0.1, 0.15) is 5.54 Å². The summed E-state index contributed by atoms with van der Waals surface area (Å²) in [5, 5.41) is 0. The van der Waals surface area contributed by atoms with Crippen molar-refractivity contribution in [3.63, 3.8) is 0 Å². The van der Waals surface area contributed by atoms with Crippen LogP contribution >= 0.6 is 0 Å². The summed E-state index contributed by atoms with van der Waals surface area (Å²) < 4.78 is 4.72. The Morgan fingerprint density at radius 1 is 1.32 bits per heavy atom. The second kappa shape index (κ2) is 6.23. The van der Waals surface area contributed by atoms with Crippen LogP contribution in [0.1, 0.15) is 45.4 Å². The van der Waals surface area contributed by atoms with Crippen molar-refractivity contribution < 1.29 is 9.53 Å². The second-order valence-electron chi connectivity index (χ2n) is 6.58. The molecule has 110 valence electrons. The van der Waals surface area contributed by atoms with Crippen LogP contribution in [0.15, 0.2) is 0 Å². The Morgan fingerprint density at radius 3 is 2.53 bits per heavy atom. The maximum atomic E-state index is 11.5. The zero-order valence-electron chi connectivity index (χ0n) is 12.4. The topological polar surface area (TPSA) is 55.6 Å². The third kappa shape index (κ3) is 3.69. The molecule has 1 saturated carbocycles. The van der Waals surface area contributed by atoms with E-state index >= 15 is 0 Å². The molecule has 1 heterocycles. The number of hydrogen-bond acceptors (Lipinski definition) is 4. The van der Waals surface area contributed by atoms with E-state index in [2.05, 4.69) is 4.90 Å². The summed E-state index contributed by atoms with van der Waals surface area (Å²) in [4.78, 5) is 14.1. The highest BCUT2D eigenvalue weighted by molar-refractivity contribution is 5.79. The standard InChI is InChI=1S/C15H28N2O2/c1-15(16,14(18)19-2)8-3-4-9-17-10-12-6-5-7-13(12)11-17/h12-13H,3-11,16H2,1-2H3. The number of carbonyl (C=O) groups is 1. The Bertz CT molecular complexity index is 305. The molecule has 0 bridgehead atoms. The normalized spacial score (nSPS) is 30.1.